The van der Waals surface area contributed by atoms with Gasteiger partial charge in [-0.3, -0.25) is 4.79 Å². The number of thiophene rings is 1. The van der Waals surface area contributed by atoms with Crippen LogP contribution >= 0.6 is 34.5 Å². The number of halogens is 2. The molecule has 4 aromatic rings. The fraction of sp³-hybridized carbons (Fsp3) is 0.0500. The fourth-order valence-electron chi connectivity index (χ4n) is 2.76. The lowest BCUT2D eigenvalue weighted by molar-refractivity contribution is 0.0955. The summed E-state index contributed by atoms with van der Waals surface area (Å²) in [6.45, 7) is 1.69. The quantitative estimate of drug-likeness (QED) is 0.286. The summed E-state index contributed by atoms with van der Waals surface area (Å²) in [5.41, 5.74) is 5.34. The third-order valence-electron chi connectivity index (χ3n) is 4.41. The first-order valence-corrected chi connectivity index (χ1v) is 10.5. The molecule has 156 valence electrons. The van der Waals surface area contributed by atoms with Crippen LogP contribution in [0.4, 0.5) is 0 Å². The van der Waals surface area contributed by atoms with Crippen LogP contribution in [-0.4, -0.2) is 37.3 Å². The molecule has 2 aromatic heterocycles. The number of aromatic nitrogens is 4. The zero-order valence-corrected chi connectivity index (χ0v) is 18.3. The molecule has 31 heavy (non-hydrogen) atoms. The van der Waals surface area contributed by atoms with Gasteiger partial charge in [-0.1, -0.05) is 41.4 Å². The van der Waals surface area contributed by atoms with E-state index in [0.717, 1.165) is 11.1 Å². The highest BCUT2D eigenvalue weighted by Gasteiger charge is 2.16. The lowest BCUT2D eigenvalue weighted by Crippen LogP contribution is -2.19. The molecule has 0 spiro atoms. The highest BCUT2D eigenvalue weighted by atomic mass is 35.5. The average Bonchev–Trinajstić information content (AvgIpc) is 3.44. The van der Waals surface area contributed by atoms with Crippen LogP contribution in [0.2, 0.25) is 10.0 Å². The van der Waals surface area contributed by atoms with Crippen molar-refractivity contribution in [3.05, 3.63) is 69.0 Å². The number of aromatic amines is 1. The summed E-state index contributed by atoms with van der Waals surface area (Å²) < 4.78 is 0. The van der Waals surface area contributed by atoms with Gasteiger partial charge in [-0.15, -0.1) is 21.5 Å². The van der Waals surface area contributed by atoms with Gasteiger partial charge in [-0.05, 0) is 42.0 Å². The monoisotopic (exact) mass is 472 g/mol. The van der Waals surface area contributed by atoms with Gasteiger partial charge < -0.3 is 5.11 Å². The van der Waals surface area contributed by atoms with Gasteiger partial charge in [-0.25, -0.2) is 5.43 Å². The molecule has 0 fully saturated rings. The van der Waals surface area contributed by atoms with Crippen molar-refractivity contribution in [2.24, 2.45) is 5.10 Å². The van der Waals surface area contributed by atoms with Gasteiger partial charge in [-0.2, -0.15) is 10.3 Å². The summed E-state index contributed by atoms with van der Waals surface area (Å²) in [7, 11) is 0. The molecule has 0 aliphatic rings. The van der Waals surface area contributed by atoms with E-state index >= 15 is 0 Å². The summed E-state index contributed by atoms with van der Waals surface area (Å²) >= 11 is 13.4. The smallest absolute Gasteiger partial charge is 0.271 e. The molecule has 0 aliphatic carbocycles. The van der Waals surface area contributed by atoms with Gasteiger partial charge in [0.1, 0.15) is 5.75 Å². The van der Waals surface area contributed by atoms with E-state index in [2.05, 4.69) is 31.2 Å². The minimum absolute atomic E-state index is 0.0587. The Bertz CT molecular complexity index is 1270. The Hall–Kier alpha value is -3.27. The van der Waals surface area contributed by atoms with Crippen LogP contribution in [0.15, 0.2) is 52.9 Å². The summed E-state index contributed by atoms with van der Waals surface area (Å²) in [6.07, 6.45) is 0. The third-order valence-corrected chi connectivity index (χ3v) is 6.17. The standard InChI is InChI=1S/C20H14Cl2N6O2S/c1-10(14-9-31-18(17(14)29)13-6-7-15(21)16(22)8-13)23-26-20(30)12-4-2-11(3-5-12)19-24-27-28-25-19/h2-9,29H,1H3,(H,26,30)(H,24,25,27,28)/b23-10-. The van der Waals surface area contributed by atoms with E-state index in [-0.39, 0.29) is 5.75 Å². The maximum Gasteiger partial charge on any atom is 0.271 e. The van der Waals surface area contributed by atoms with Crippen LogP contribution in [0.3, 0.4) is 0 Å². The van der Waals surface area contributed by atoms with Crippen molar-refractivity contribution < 1.29 is 9.90 Å². The molecule has 0 aliphatic heterocycles. The lowest BCUT2D eigenvalue weighted by atomic mass is 10.1. The summed E-state index contributed by atoms with van der Waals surface area (Å²) in [5, 5.41) is 31.0. The number of H-pyrrole nitrogens is 1. The largest absolute Gasteiger partial charge is 0.506 e. The molecule has 0 saturated heterocycles. The molecule has 11 heteroatoms. The van der Waals surface area contributed by atoms with Crippen LogP contribution in [0.5, 0.6) is 5.75 Å². The predicted molar refractivity (Wildman–Crippen MR) is 121 cm³/mol. The second-order valence-electron chi connectivity index (χ2n) is 6.41. The average molecular weight is 473 g/mol. The van der Waals surface area contributed by atoms with E-state index in [9.17, 15) is 9.90 Å². The highest BCUT2D eigenvalue weighted by molar-refractivity contribution is 7.14. The molecule has 8 nitrogen and oxygen atoms in total. The minimum atomic E-state index is -0.390. The Balaban J connectivity index is 1.49. The van der Waals surface area contributed by atoms with Gasteiger partial charge in [0.05, 0.1) is 26.2 Å². The van der Waals surface area contributed by atoms with Crippen LogP contribution < -0.4 is 5.43 Å². The number of hydrogen-bond acceptors (Lipinski definition) is 7. The van der Waals surface area contributed by atoms with Crippen molar-refractivity contribution in [2.75, 3.05) is 0 Å². The number of hydrogen-bond donors (Lipinski definition) is 3. The Morgan fingerprint density at radius 2 is 1.87 bits per heavy atom. The van der Waals surface area contributed by atoms with Crippen molar-refractivity contribution >= 4 is 46.2 Å². The summed E-state index contributed by atoms with van der Waals surface area (Å²) in [6, 6.07) is 11.8. The molecule has 0 saturated carbocycles. The Morgan fingerprint density at radius 3 is 2.55 bits per heavy atom. The van der Waals surface area contributed by atoms with Crippen LogP contribution in [0.1, 0.15) is 22.8 Å². The van der Waals surface area contributed by atoms with Crippen LogP contribution in [0, 0.1) is 0 Å². The van der Waals surface area contributed by atoms with Gasteiger partial charge in [0, 0.05) is 16.5 Å². The molecular formula is C20H14Cl2N6O2S. The molecule has 4 rings (SSSR count). The Kier molecular flexibility index (Phi) is 5.99. The number of benzene rings is 2. The highest BCUT2D eigenvalue weighted by Crippen LogP contribution is 2.40. The number of carbonyl (C=O) groups is 1. The fourth-order valence-corrected chi connectivity index (χ4v) is 4.07. The van der Waals surface area contributed by atoms with E-state index in [4.69, 9.17) is 23.2 Å². The minimum Gasteiger partial charge on any atom is -0.506 e. The number of carbonyl (C=O) groups excluding carboxylic acids is 1. The second-order valence-corrected chi connectivity index (χ2v) is 8.10. The summed E-state index contributed by atoms with van der Waals surface area (Å²) in [4.78, 5) is 13.0. The van der Waals surface area contributed by atoms with Gasteiger partial charge >= 0.3 is 0 Å². The molecule has 0 atom stereocenters. The number of amides is 1. The second kappa shape index (κ2) is 8.84. The van der Waals surface area contributed by atoms with E-state index in [1.807, 2.05) is 0 Å². The first kappa shape index (κ1) is 21.0. The number of aromatic hydroxyl groups is 1. The number of rotatable bonds is 5. The maximum absolute atomic E-state index is 12.4. The number of nitrogens with one attached hydrogen (secondary N) is 2. The normalized spacial score (nSPS) is 11.5. The topological polar surface area (TPSA) is 116 Å². The molecule has 0 unspecified atom stereocenters. The molecule has 2 heterocycles. The summed E-state index contributed by atoms with van der Waals surface area (Å²) in [5.74, 6) is 0.105. The number of nitrogens with zero attached hydrogens (tertiary/aromatic N) is 4. The Labute approximate surface area is 190 Å². The first-order valence-electron chi connectivity index (χ1n) is 8.89. The first-order chi connectivity index (χ1) is 14.9. The molecule has 0 bridgehead atoms. The van der Waals surface area contributed by atoms with E-state index in [1.165, 1.54) is 11.3 Å². The van der Waals surface area contributed by atoms with Crippen LogP contribution in [0.25, 0.3) is 21.8 Å². The van der Waals surface area contributed by atoms with Gasteiger partial charge in [0.2, 0.25) is 5.82 Å². The lowest BCUT2D eigenvalue weighted by Gasteiger charge is -2.04. The number of hydrazone groups is 1. The maximum atomic E-state index is 12.4. The van der Waals surface area contributed by atoms with Crippen LogP contribution in [-0.2, 0) is 0 Å². The van der Waals surface area contributed by atoms with Crippen molar-refractivity contribution in [1.29, 1.82) is 0 Å². The molecule has 3 N–H and O–H groups in total. The van der Waals surface area contributed by atoms with Crippen molar-refractivity contribution in [3.8, 4) is 27.6 Å². The third kappa shape index (κ3) is 4.43. The van der Waals surface area contributed by atoms with E-state index < -0.39 is 5.91 Å². The van der Waals surface area contributed by atoms with Gasteiger partial charge in [0.15, 0.2) is 0 Å². The van der Waals surface area contributed by atoms with Crippen molar-refractivity contribution in [3.63, 3.8) is 0 Å². The van der Waals surface area contributed by atoms with Crippen molar-refractivity contribution in [2.45, 2.75) is 6.92 Å². The van der Waals surface area contributed by atoms with Gasteiger partial charge in [0.25, 0.3) is 5.91 Å². The van der Waals surface area contributed by atoms with E-state index in [0.29, 0.717) is 37.6 Å². The zero-order chi connectivity index (χ0) is 22.0. The van der Waals surface area contributed by atoms with Crippen molar-refractivity contribution in [1.82, 2.24) is 26.0 Å². The number of tetrazole rings is 1. The molecular weight excluding hydrogens is 459 g/mol. The SMILES string of the molecule is C/C(=N/NC(=O)c1ccc(-c2nn[nH]n2)cc1)c1csc(-c2ccc(Cl)c(Cl)c2)c1O. The zero-order valence-electron chi connectivity index (χ0n) is 15.9. The molecule has 1 amide bonds. The molecule has 2 aromatic carbocycles. The predicted octanol–water partition coefficient (Wildman–Crippen LogP) is 4.76. The Morgan fingerprint density at radius 1 is 1.13 bits per heavy atom. The van der Waals surface area contributed by atoms with E-state index in [1.54, 1.807) is 54.8 Å². The molecule has 0 radical (unpaired) electrons.